The van der Waals surface area contributed by atoms with Gasteiger partial charge >= 0.3 is 11.9 Å². The first-order valence-corrected chi connectivity index (χ1v) is 8.94. The van der Waals surface area contributed by atoms with Gasteiger partial charge in [0, 0.05) is 0 Å². The van der Waals surface area contributed by atoms with Crippen molar-refractivity contribution in [2.24, 2.45) is 0 Å². The summed E-state index contributed by atoms with van der Waals surface area (Å²) in [7, 11) is 0. The van der Waals surface area contributed by atoms with Crippen LogP contribution < -0.4 is 21.3 Å². The molecule has 13 nitrogen and oxygen atoms in total. The Morgan fingerprint density at radius 3 is 2.10 bits per heavy atom. The molecule has 0 bridgehead atoms. The zero-order valence-corrected chi connectivity index (χ0v) is 15.8. The molecule has 0 saturated carbocycles. The molecule has 0 spiro atoms. The molecule has 8 N–H and O–H groups in total. The zero-order chi connectivity index (χ0) is 22.1. The van der Waals surface area contributed by atoms with Crippen molar-refractivity contribution in [1.29, 1.82) is 0 Å². The van der Waals surface area contributed by atoms with Crippen LogP contribution in [0, 0.1) is 0 Å². The molecule has 0 aromatic carbocycles. The predicted molar refractivity (Wildman–Crippen MR) is 95.5 cm³/mol. The summed E-state index contributed by atoms with van der Waals surface area (Å²) in [5, 5.41) is 45.9. The van der Waals surface area contributed by atoms with Gasteiger partial charge in [0.2, 0.25) is 17.7 Å². The van der Waals surface area contributed by atoms with Gasteiger partial charge in [-0.05, 0) is 26.3 Å². The highest BCUT2D eigenvalue weighted by Crippen LogP contribution is 2.06. The van der Waals surface area contributed by atoms with Gasteiger partial charge in [-0.15, -0.1) is 0 Å². The number of nitrogens with one attached hydrogen (secondary N) is 4. The van der Waals surface area contributed by atoms with Gasteiger partial charge in [-0.2, -0.15) is 0 Å². The molecule has 0 aromatic rings. The molecule has 164 valence electrons. The minimum Gasteiger partial charge on any atom is -0.481 e. The fourth-order valence-electron chi connectivity index (χ4n) is 2.67. The Morgan fingerprint density at radius 1 is 1.03 bits per heavy atom. The van der Waals surface area contributed by atoms with E-state index in [1.54, 1.807) is 0 Å². The van der Waals surface area contributed by atoms with Gasteiger partial charge in [0.15, 0.2) is 0 Å². The number of carboxylic acids is 2. The van der Waals surface area contributed by atoms with Crippen LogP contribution >= 0.6 is 0 Å². The van der Waals surface area contributed by atoms with Gasteiger partial charge in [0.25, 0.3) is 0 Å². The fourth-order valence-corrected chi connectivity index (χ4v) is 2.67. The molecule has 0 aromatic heterocycles. The lowest BCUT2D eigenvalue weighted by Crippen LogP contribution is -2.60. The summed E-state index contributed by atoms with van der Waals surface area (Å²) in [6.07, 6.45) is -0.944. The number of carboxylic acid groups (broad SMARTS) is 2. The van der Waals surface area contributed by atoms with E-state index in [0.29, 0.717) is 13.0 Å². The summed E-state index contributed by atoms with van der Waals surface area (Å²) in [5.74, 6) is -5.73. The number of aliphatic carboxylic acids is 2. The minimum absolute atomic E-state index is 0.533. The Hall–Kier alpha value is -2.77. The summed E-state index contributed by atoms with van der Waals surface area (Å²) in [6.45, 7) is 0.904. The van der Waals surface area contributed by atoms with Gasteiger partial charge in [0.1, 0.15) is 18.1 Å². The lowest BCUT2D eigenvalue weighted by Gasteiger charge is -2.25. The van der Waals surface area contributed by atoms with E-state index in [1.165, 1.54) is 6.92 Å². The molecule has 1 fully saturated rings. The van der Waals surface area contributed by atoms with Crippen molar-refractivity contribution in [3.63, 3.8) is 0 Å². The number of hydrogen-bond donors (Lipinski definition) is 8. The van der Waals surface area contributed by atoms with Gasteiger partial charge in [-0.1, -0.05) is 0 Å². The first kappa shape index (κ1) is 24.3. The Labute approximate surface area is 165 Å². The number of carbonyl (C=O) groups is 5. The largest absolute Gasteiger partial charge is 0.481 e. The average Bonchev–Trinajstić information content (AvgIpc) is 3.16. The smallest absolute Gasteiger partial charge is 0.328 e. The number of amides is 3. The molecule has 1 saturated heterocycles. The highest BCUT2D eigenvalue weighted by molar-refractivity contribution is 5.95. The lowest BCUT2D eigenvalue weighted by molar-refractivity contribution is -0.144. The maximum absolute atomic E-state index is 12.5. The Balaban J connectivity index is 2.86. The molecule has 1 rings (SSSR count). The maximum atomic E-state index is 12.5. The van der Waals surface area contributed by atoms with E-state index in [2.05, 4.69) is 16.0 Å². The first-order chi connectivity index (χ1) is 13.6. The number of hydrogen-bond acceptors (Lipinski definition) is 8. The van der Waals surface area contributed by atoms with Crippen LogP contribution in [0.15, 0.2) is 0 Å². The summed E-state index contributed by atoms with van der Waals surface area (Å²) in [4.78, 5) is 58.8. The second-order valence-electron chi connectivity index (χ2n) is 6.62. The van der Waals surface area contributed by atoms with Crippen LogP contribution in [0.25, 0.3) is 0 Å². The van der Waals surface area contributed by atoms with Crippen LogP contribution in [-0.2, 0) is 24.0 Å². The molecular formula is C16H26N4O9. The summed E-state index contributed by atoms with van der Waals surface area (Å²) in [6, 6.07) is -5.40. The summed E-state index contributed by atoms with van der Waals surface area (Å²) < 4.78 is 0. The Kier molecular flexibility index (Phi) is 9.44. The van der Waals surface area contributed by atoms with Crippen molar-refractivity contribution in [3.05, 3.63) is 0 Å². The monoisotopic (exact) mass is 418 g/mol. The number of carbonyl (C=O) groups excluding carboxylic acids is 3. The van der Waals surface area contributed by atoms with E-state index in [1.807, 2.05) is 5.32 Å². The van der Waals surface area contributed by atoms with Gasteiger partial charge in [0.05, 0.1) is 25.2 Å². The molecule has 1 heterocycles. The Morgan fingerprint density at radius 2 is 1.66 bits per heavy atom. The molecule has 0 aliphatic carbocycles. The SMILES string of the molecule is CC(O)C(NC(=O)C1CCCN1)C(=O)NC(CC(=O)O)C(=O)NC(CO)C(=O)O. The lowest BCUT2D eigenvalue weighted by atomic mass is 10.1. The molecule has 29 heavy (non-hydrogen) atoms. The predicted octanol–water partition coefficient (Wildman–Crippen LogP) is -3.87. The summed E-state index contributed by atoms with van der Waals surface area (Å²) >= 11 is 0. The minimum atomic E-state index is -1.70. The van der Waals surface area contributed by atoms with E-state index in [4.69, 9.17) is 15.3 Å². The topological polar surface area (TPSA) is 214 Å². The van der Waals surface area contributed by atoms with Gasteiger partial charge in [-0.3, -0.25) is 19.2 Å². The van der Waals surface area contributed by atoms with Crippen molar-refractivity contribution in [1.82, 2.24) is 21.3 Å². The van der Waals surface area contributed by atoms with Crippen LogP contribution in [0.1, 0.15) is 26.2 Å². The van der Waals surface area contributed by atoms with Crippen LogP contribution in [0.5, 0.6) is 0 Å². The second kappa shape index (κ2) is 11.3. The molecule has 0 radical (unpaired) electrons. The standard InChI is InChI=1S/C16H26N4O9/c1-7(22)12(20-13(25)8-3-2-4-17-8)15(27)18-9(5-11(23)24)14(26)19-10(6-21)16(28)29/h7-10,12,17,21-22H,2-6H2,1H3,(H,18,27)(H,19,26)(H,20,25)(H,23,24)(H,28,29). The molecule has 5 unspecified atom stereocenters. The third-order valence-electron chi connectivity index (χ3n) is 4.25. The quantitative estimate of drug-likeness (QED) is 0.163. The third-order valence-corrected chi connectivity index (χ3v) is 4.25. The zero-order valence-electron chi connectivity index (χ0n) is 15.8. The van der Waals surface area contributed by atoms with E-state index in [-0.39, 0.29) is 0 Å². The Bertz CT molecular complexity index is 634. The first-order valence-electron chi connectivity index (χ1n) is 8.94. The van der Waals surface area contributed by atoms with E-state index < -0.39 is 73.0 Å². The van der Waals surface area contributed by atoms with Crippen molar-refractivity contribution in [2.75, 3.05) is 13.2 Å². The highest BCUT2D eigenvalue weighted by Gasteiger charge is 2.34. The summed E-state index contributed by atoms with van der Waals surface area (Å²) in [5.41, 5.74) is 0. The number of aliphatic hydroxyl groups is 2. The maximum Gasteiger partial charge on any atom is 0.328 e. The second-order valence-corrected chi connectivity index (χ2v) is 6.62. The third kappa shape index (κ3) is 7.63. The normalized spacial score (nSPS) is 20.0. The molecule has 5 atom stereocenters. The fraction of sp³-hybridized carbons (Fsp3) is 0.688. The van der Waals surface area contributed by atoms with Gasteiger partial charge in [-0.25, -0.2) is 4.79 Å². The van der Waals surface area contributed by atoms with Crippen LogP contribution in [0.2, 0.25) is 0 Å². The molecule has 1 aliphatic rings. The van der Waals surface area contributed by atoms with Crippen LogP contribution in [0.3, 0.4) is 0 Å². The van der Waals surface area contributed by atoms with Crippen molar-refractivity contribution in [3.8, 4) is 0 Å². The molecule has 1 aliphatic heterocycles. The van der Waals surface area contributed by atoms with Gasteiger partial charge < -0.3 is 41.7 Å². The highest BCUT2D eigenvalue weighted by atomic mass is 16.4. The molecule has 13 heteroatoms. The van der Waals surface area contributed by atoms with E-state index >= 15 is 0 Å². The molecular weight excluding hydrogens is 392 g/mol. The average molecular weight is 418 g/mol. The van der Waals surface area contributed by atoms with Crippen LogP contribution in [0.4, 0.5) is 0 Å². The number of aliphatic hydroxyl groups excluding tert-OH is 2. The number of rotatable bonds is 11. The van der Waals surface area contributed by atoms with Crippen LogP contribution in [-0.4, -0.2) is 93.5 Å². The molecule has 3 amide bonds. The van der Waals surface area contributed by atoms with Crippen molar-refractivity contribution in [2.45, 2.75) is 56.5 Å². The van der Waals surface area contributed by atoms with Crippen molar-refractivity contribution >= 4 is 29.7 Å². The van der Waals surface area contributed by atoms with Crippen molar-refractivity contribution < 1.29 is 44.4 Å². The van der Waals surface area contributed by atoms with E-state index in [9.17, 15) is 29.1 Å². The van der Waals surface area contributed by atoms with E-state index in [0.717, 1.165) is 6.42 Å².